The predicted molar refractivity (Wildman–Crippen MR) is 130 cm³/mol. The van der Waals surface area contributed by atoms with Crippen LogP contribution in [0.15, 0.2) is 16.5 Å². The van der Waals surface area contributed by atoms with E-state index in [-0.39, 0.29) is 24.9 Å². The number of nitrogen functional groups attached to an aromatic ring is 1. The highest BCUT2D eigenvalue weighted by atomic mass is 32.1. The van der Waals surface area contributed by atoms with Gasteiger partial charge in [-0.25, -0.2) is 10.1 Å². The largest absolute Gasteiger partial charge is 0.466 e. The lowest BCUT2D eigenvalue weighted by Crippen LogP contribution is -2.38. The molecule has 0 bridgehead atoms. The third kappa shape index (κ3) is 7.16. The van der Waals surface area contributed by atoms with Crippen LogP contribution >= 0.6 is 18.6 Å². The molecule has 0 spiro atoms. The number of thiazole rings is 1. The van der Waals surface area contributed by atoms with E-state index in [0.29, 0.717) is 22.5 Å². The Bertz CT molecular complexity index is 972. The van der Waals surface area contributed by atoms with E-state index in [0.717, 1.165) is 11.3 Å². The molecule has 2 aromatic heterocycles. The van der Waals surface area contributed by atoms with Gasteiger partial charge in [-0.3, -0.25) is 14.2 Å². The molecule has 3 N–H and O–H groups in total. The van der Waals surface area contributed by atoms with Crippen molar-refractivity contribution in [1.29, 1.82) is 0 Å². The second-order valence-electron chi connectivity index (χ2n) is 8.24. The second kappa shape index (κ2) is 11.8. The zero-order valence-corrected chi connectivity index (χ0v) is 21.8. The van der Waals surface area contributed by atoms with E-state index >= 15 is 0 Å². The molecule has 1 unspecified atom stereocenters. The van der Waals surface area contributed by atoms with Gasteiger partial charge in [0.1, 0.15) is 11.7 Å². The van der Waals surface area contributed by atoms with Crippen molar-refractivity contribution in [1.82, 2.24) is 10.1 Å². The van der Waals surface area contributed by atoms with Gasteiger partial charge >= 0.3 is 11.9 Å². The number of aromatic nitrogens is 1. The van der Waals surface area contributed by atoms with Gasteiger partial charge in [-0.05, 0) is 45.2 Å². The van der Waals surface area contributed by atoms with E-state index in [9.17, 15) is 14.2 Å². The summed E-state index contributed by atoms with van der Waals surface area (Å²) in [6.45, 7) is 11.2. The normalized spacial score (nSPS) is 15.1. The van der Waals surface area contributed by atoms with Gasteiger partial charge in [-0.1, -0.05) is 20.8 Å². The van der Waals surface area contributed by atoms with Gasteiger partial charge < -0.3 is 19.6 Å². The maximum absolute atomic E-state index is 14.1. The van der Waals surface area contributed by atoms with E-state index in [2.05, 4.69) is 23.9 Å². The van der Waals surface area contributed by atoms with E-state index in [1.807, 2.05) is 0 Å². The minimum absolute atomic E-state index is 0.0828. The van der Waals surface area contributed by atoms with Crippen LogP contribution in [0.3, 0.4) is 0 Å². The van der Waals surface area contributed by atoms with Crippen LogP contribution in [-0.2, 0) is 30.0 Å². The van der Waals surface area contributed by atoms with Crippen LogP contribution in [0, 0.1) is 11.8 Å². The summed E-state index contributed by atoms with van der Waals surface area (Å²) in [7, 11) is -3.55. The molecule has 3 atom stereocenters. The Morgan fingerprint density at radius 2 is 1.79 bits per heavy atom. The number of nitrogens with zero attached hydrogens (tertiary/aromatic N) is 1. The van der Waals surface area contributed by atoms with E-state index in [1.54, 1.807) is 39.8 Å². The third-order valence-corrected chi connectivity index (χ3v) is 8.48. The Labute approximate surface area is 198 Å². The lowest BCUT2D eigenvalue weighted by atomic mass is 10.1. The minimum Gasteiger partial charge on any atom is -0.466 e. The van der Waals surface area contributed by atoms with Crippen molar-refractivity contribution < 1.29 is 28.0 Å². The van der Waals surface area contributed by atoms with Gasteiger partial charge in [0.25, 0.3) is 0 Å². The topological polar surface area (TPSA) is 134 Å². The Morgan fingerprint density at radius 1 is 1.15 bits per heavy atom. The van der Waals surface area contributed by atoms with Gasteiger partial charge in [0.2, 0.25) is 7.29 Å². The molecule has 11 heteroatoms. The van der Waals surface area contributed by atoms with Crippen LogP contribution in [-0.4, -0.2) is 42.3 Å². The number of esters is 2. The fraction of sp³-hybridized carbons (Fsp3) is 0.591. The fourth-order valence-electron chi connectivity index (χ4n) is 3.30. The molecular formula is C22H34N3O6PS. The lowest BCUT2D eigenvalue weighted by Gasteiger charge is -2.23. The van der Waals surface area contributed by atoms with Crippen molar-refractivity contribution in [2.24, 2.45) is 11.8 Å². The number of nitrogens with two attached hydrogens (primary N) is 1. The minimum atomic E-state index is -3.55. The zero-order chi connectivity index (χ0) is 24.8. The summed E-state index contributed by atoms with van der Waals surface area (Å²) in [6, 6.07) is 2.41. The molecule has 184 valence electrons. The molecule has 0 fully saturated rings. The summed E-state index contributed by atoms with van der Waals surface area (Å²) in [4.78, 5) is 29.8. The van der Waals surface area contributed by atoms with Crippen LogP contribution < -0.4 is 16.3 Å². The highest BCUT2D eigenvalue weighted by Gasteiger charge is 2.37. The number of rotatable bonds is 12. The SMILES string of the molecule is CCOC(=O)[C@H](C)CP(=O)(N[C@@H](C)C(=O)OCC)c1ccc(-c2nc(N)sc2CC(C)C)o1. The number of hydrogen-bond acceptors (Lipinski definition) is 9. The molecule has 0 aliphatic rings. The van der Waals surface area contributed by atoms with Crippen molar-refractivity contribution in [3.63, 3.8) is 0 Å². The van der Waals surface area contributed by atoms with Crippen LogP contribution in [0.1, 0.15) is 46.4 Å². The quantitative estimate of drug-likeness (QED) is 0.330. The molecule has 2 rings (SSSR count). The van der Waals surface area contributed by atoms with Gasteiger partial charge in [0, 0.05) is 11.0 Å². The Balaban J connectivity index is 2.42. The lowest BCUT2D eigenvalue weighted by molar-refractivity contribution is -0.146. The number of nitrogens with one attached hydrogen (secondary N) is 1. The monoisotopic (exact) mass is 499 g/mol. The summed E-state index contributed by atoms with van der Waals surface area (Å²) in [5.41, 5.74) is 6.69. The van der Waals surface area contributed by atoms with Crippen LogP contribution in [0.4, 0.5) is 5.13 Å². The maximum atomic E-state index is 14.1. The van der Waals surface area contributed by atoms with E-state index in [1.165, 1.54) is 11.3 Å². The molecule has 0 aliphatic heterocycles. The first-order valence-electron chi connectivity index (χ1n) is 11.1. The number of carbonyl (C=O) groups is 2. The molecule has 0 saturated heterocycles. The summed E-state index contributed by atoms with van der Waals surface area (Å²) in [6.07, 6.45) is 0.691. The van der Waals surface area contributed by atoms with Crippen molar-refractivity contribution in [3.8, 4) is 11.5 Å². The van der Waals surface area contributed by atoms with Crippen molar-refractivity contribution >= 4 is 41.2 Å². The molecule has 0 amide bonds. The summed E-state index contributed by atoms with van der Waals surface area (Å²) < 4.78 is 30.2. The predicted octanol–water partition coefficient (Wildman–Crippen LogP) is 3.83. The Morgan fingerprint density at radius 3 is 2.39 bits per heavy atom. The molecule has 2 aromatic rings. The van der Waals surface area contributed by atoms with Gasteiger partial charge in [0.15, 0.2) is 16.4 Å². The number of anilines is 1. The standard InChI is InChI=1S/C22H34N3O6PS/c1-7-29-20(26)14(5)12-32(28,25-15(6)21(27)30-8-2)18-10-9-16(31-18)19-17(11-13(3)4)33-22(23)24-19/h9-10,13-15H,7-8,11-12H2,1-6H3,(H2,23,24)(H,25,28)/t14-,15+,32?/m1/s1. The first-order valence-corrected chi connectivity index (χ1v) is 13.8. The number of furan rings is 1. The average molecular weight is 500 g/mol. The molecule has 0 aromatic carbocycles. The highest BCUT2D eigenvalue weighted by Crippen LogP contribution is 2.44. The number of hydrogen-bond donors (Lipinski definition) is 2. The first-order chi connectivity index (χ1) is 15.5. The Kier molecular flexibility index (Phi) is 9.70. The van der Waals surface area contributed by atoms with Gasteiger partial charge in [0.05, 0.1) is 19.1 Å². The van der Waals surface area contributed by atoms with Gasteiger partial charge in [-0.15, -0.1) is 11.3 Å². The zero-order valence-electron chi connectivity index (χ0n) is 20.0. The van der Waals surface area contributed by atoms with Crippen LogP contribution in [0.25, 0.3) is 11.5 Å². The molecule has 9 nitrogen and oxygen atoms in total. The highest BCUT2D eigenvalue weighted by molar-refractivity contribution is 7.69. The summed E-state index contributed by atoms with van der Waals surface area (Å²) in [5.74, 6) is -0.871. The van der Waals surface area contributed by atoms with E-state index in [4.69, 9.17) is 19.6 Å². The molecule has 2 heterocycles. The molecular weight excluding hydrogens is 465 g/mol. The third-order valence-electron chi connectivity index (χ3n) is 4.75. The smallest absolute Gasteiger partial charge is 0.323 e. The average Bonchev–Trinajstić information content (AvgIpc) is 3.34. The van der Waals surface area contributed by atoms with Crippen molar-refractivity contribution in [2.75, 3.05) is 25.1 Å². The second-order valence-corrected chi connectivity index (χ2v) is 11.9. The number of carbonyl (C=O) groups excluding carboxylic acids is 2. The number of ether oxygens (including phenoxy) is 2. The maximum Gasteiger partial charge on any atom is 0.323 e. The molecule has 0 aliphatic carbocycles. The summed E-state index contributed by atoms with van der Waals surface area (Å²) in [5, 5.41) is 3.30. The van der Waals surface area contributed by atoms with Crippen LogP contribution in [0.5, 0.6) is 0 Å². The summed E-state index contributed by atoms with van der Waals surface area (Å²) >= 11 is 1.39. The van der Waals surface area contributed by atoms with Crippen molar-refractivity contribution in [2.45, 2.75) is 54.0 Å². The first kappa shape index (κ1) is 27.1. The van der Waals surface area contributed by atoms with Gasteiger partial charge in [-0.2, -0.15) is 0 Å². The molecule has 33 heavy (non-hydrogen) atoms. The molecule has 0 saturated carbocycles. The Hall–Kier alpha value is -2.16. The van der Waals surface area contributed by atoms with Crippen LogP contribution in [0.2, 0.25) is 0 Å². The van der Waals surface area contributed by atoms with Crippen molar-refractivity contribution in [3.05, 3.63) is 17.0 Å². The fourth-order valence-corrected chi connectivity index (χ4v) is 6.98. The molecule has 0 radical (unpaired) electrons. The van der Waals surface area contributed by atoms with E-state index < -0.39 is 31.2 Å².